The standard InChI is InChI=1S/C12H16BrNO3S/c1-9-7-11(3-4-12(9)13)18(15,16)14-5-6-17-8-10(14)2/h3-4,7,10H,5-6,8H2,1-2H3/t10-/m1/s1. The highest BCUT2D eigenvalue weighted by atomic mass is 79.9. The van der Waals surface area contributed by atoms with Crippen molar-refractivity contribution in [2.45, 2.75) is 24.8 Å². The smallest absolute Gasteiger partial charge is 0.243 e. The van der Waals surface area contributed by atoms with Gasteiger partial charge in [-0.25, -0.2) is 8.42 Å². The molecule has 1 heterocycles. The van der Waals surface area contributed by atoms with Crippen molar-refractivity contribution in [2.24, 2.45) is 0 Å². The van der Waals surface area contributed by atoms with E-state index >= 15 is 0 Å². The van der Waals surface area contributed by atoms with Gasteiger partial charge >= 0.3 is 0 Å². The Morgan fingerprint density at radius 1 is 1.44 bits per heavy atom. The minimum absolute atomic E-state index is 0.118. The van der Waals surface area contributed by atoms with Crippen LogP contribution in [0.2, 0.25) is 0 Å². The third kappa shape index (κ3) is 2.61. The van der Waals surface area contributed by atoms with E-state index in [1.165, 1.54) is 4.31 Å². The van der Waals surface area contributed by atoms with Crippen LogP contribution in [0.25, 0.3) is 0 Å². The molecule has 1 fully saturated rings. The molecule has 100 valence electrons. The predicted octanol–water partition coefficient (Wildman–Crippen LogP) is 2.17. The Balaban J connectivity index is 2.37. The molecule has 2 rings (SSSR count). The average molecular weight is 334 g/mol. The lowest BCUT2D eigenvalue weighted by molar-refractivity contribution is 0.0393. The molecule has 4 nitrogen and oxygen atoms in total. The van der Waals surface area contributed by atoms with Crippen LogP contribution < -0.4 is 0 Å². The molecule has 1 aromatic carbocycles. The van der Waals surface area contributed by atoms with Gasteiger partial charge in [0.1, 0.15) is 0 Å². The van der Waals surface area contributed by atoms with Gasteiger partial charge in [0.25, 0.3) is 0 Å². The second kappa shape index (κ2) is 5.28. The summed E-state index contributed by atoms with van der Waals surface area (Å²) in [5.74, 6) is 0. The SMILES string of the molecule is Cc1cc(S(=O)(=O)N2CCOC[C@H]2C)ccc1Br. The van der Waals surface area contributed by atoms with Gasteiger partial charge in [0.15, 0.2) is 0 Å². The Morgan fingerprint density at radius 3 is 2.78 bits per heavy atom. The van der Waals surface area contributed by atoms with E-state index in [1.807, 2.05) is 13.8 Å². The molecule has 0 unspecified atom stereocenters. The summed E-state index contributed by atoms with van der Waals surface area (Å²) in [4.78, 5) is 0.344. The Morgan fingerprint density at radius 2 is 2.17 bits per heavy atom. The summed E-state index contributed by atoms with van der Waals surface area (Å²) in [5.41, 5.74) is 0.914. The first-order valence-corrected chi connectivity index (χ1v) is 8.02. The van der Waals surface area contributed by atoms with Crippen LogP contribution in [-0.4, -0.2) is 38.5 Å². The summed E-state index contributed by atoms with van der Waals surface area (Å²) in [5, 5.41) is 0. The molecular weight excluding hydrogens is 318 g/mol. The van der Waals surface area contributed by atoms with E-state index in [1.54, 1.807) is 18.2 Å². The van der Waals surface area contributed by atoms with Crippen molar-refractivity contribution >= 4 is 26.0 Å². The minimum Gasteiger partial charge on any atom is -0.378 e. The topological polar surface area (TPSA) is 46.6 Å². The van der Waals surface area contributed by atoms with E-state index in [0.717, 1.165) is 10.0 Å². The molecule has 18 heavy (non-hydrogen) atoms. The molecule has 0 saturated carbocycles. The summed E-state index contributed by atoms with van der Waals surface area (Å²) in [6.45, 7) is 5.07. The number of nitrogens with zero attached hydrogens (tertiary/aromatic N) is 1. The highest BCUT2D eigenvalue weighted by molar-refractivity contribution is 9.10. The normalized spacial score (nSPS) is 22.1. The van der Waals surface area contributed by atoms with Gasteiger partial charge in [0.05, 0.1) is 18.1 Å². The molecule has 0 spiro atoms. The molecule has 0 bridgehead atoms. The first kappa shape index (κ1) is 14.0. The van der Waals surface area contributed by atoms with Gasteiger partial charge < -0.3 is 4.74 Å². The van der Waals surface area contributed by atoms with E-state index < -0.39 is 10.0 Å². The highest BCUT2D eigenvalue weighted by Gasteiger charge is 2.31. The van der Waals surface area contributed by atoms with Crippen LogP contribution >= 0.6 is 15.9 Å². The molecule has 1 aromatic rings. The van der Waals surface area contributed by atoms with Crippen LogP contribution in [-0.2, 0) is 14.8 Å². The number of benzene rings is 1. The van der Waals surface area contributed by atoms with Gasteiger partial charge in [-0.05, 0) is 37.6 Å². The van der Waals surface area contributed by atoms with E-state index in [2.05, 4.69) is 15.9 Å². The second-order valence-corrected chi connectivity index (χ2v) is 7.20. The quantitative estimate of drug-likeness (QED) is 0.833. The molecule has 1 atom stereocenters. The molecule has 0 aliphatic carbocycles. The molecule has 1 saturated heterocycles. The number of rotatable bonds is 2. The number of ether oxygens (including phenoxy) is 1. The summed E-state index contributed by atoms with van der Waals surface area (Å²) in [6.07, 6.45) is 0. The molecule has 1 aliphatic rings. The first-order valence-electron chi connectivity index (χ1n) is 5.78. The molecule has 0 N–H and O–H groups in total. The monoisotopic (exact) mass is 333 g/mol. The summed E-state index contributed by atoms with van der Waals surface area (Å²) >= 11 is 3.38. The maximum absolute atomic E-state index is 12.5. The third-order valence-corrected chi connectivity index (χ3v) is 5.94. The molecule has 0 aromatic heterocycles. The lowest BCUT2D eigenvalue weighted by Gasteiger charge is -2.32. The third-order valence-electron chi connectivity index (χ3n) is 3.04. The number of morpholine rings is 1. The maximum atomic E-state index is 12.5. The number of sulfonamides is 1. The second-order valence-electron chi connectivity index (χ2n) is 4.45. The maximum Gasteiger partial charge on any atom is 0.243 e. The fourth-order valence-corrected chi connectivity index (χ4v) is 3.91. The van der Waals surface area contributed by atoms with Gasteiger partial charge in [-0.3, -0.25) is 0 Å². The zero-order chi connectivity index (χ0) is 13.3. The van der Waals surface area contributed by atoms with Crippen molar-refractivity contribution in [2.75, 3.05) is 19.8 Å². The van der Waals surface area contributed by atoms with Crippen molar-refractivity contribution in [1.82, 2.24) is 4.31 Å². The predicted molar refractivity (Wildman–Crippen MR) is 73.1 cm³/mol. The minimum atomic E-state index is -3.42. The molecule has 6 heteroatoms. The lowest BCUT2D eigenvalue weighted by Crippen LogP contribution is -2.46. The van der Waals surface area contributed by atoms with Gasteiger partial charge in [-0.1, -0.05) is 15.9 Å². The van der Waals surface area contributed by atoms with Crippen molar-refractivity contribution in [3.63, 3.8) is 0 Å². The van der Waals surface area contributed by atoms with Crippen molar-refractivity contribution in [1.29, 1.82) is 0 Å². The number of aryl methyl sites for hydroxylation is 1. The fourth-order valence-electron chi connectivity index (χ4n) is 1.98. The molecular formula is C12H16BrNO3S. The number of hydrogen-bond donors (Lipinski definition) is 0. The zero-order valence-electron chi connectivity index (χ0n) is 10.4. The molecule has 1 aliphatic heterocycles. The number of halogens is 1. The van der Waals surface area contributed by atoms with Crippen LogP contribution in [0.3, 0.4) is 0 Å². The van der Waals surface area contributed by atoms with Crippen LogP contribution in [0.4, 0.5) is 0 Å². The first-order chi connectivity index (χ1) is 8.43. The summed E-state index contributed by atoms with van der Waals surface area (Å²) in [7, 11) is -3.42. The largest absolute Gasteiger partial charge is 0.378 e. The van der Waals surface area contributed by atoms with Gasteiger partial charge in [-0.2, -0.15) is 4.31 Å². The molecule has 0 amide bonds. The van der Waals surface area contributed by atoms with E-state index in [4.69, 9.17) is 4.74 Å². The van der Waals surface area contributed by atoms with E-state index in [-0.39, 0.29) is 6.04 Å². The van der Waals surface area contributed by atoms with Crippen LogP contribution in [0, 0.1) is 6.92 Å². The Labute approximate surface area is 116 Å². The Kier molecular flexibility index (Phi) is 4.11. The average Bonchev–Trinajstić information content (AvgIpc) is 2.33. The van der Waals surface area contributed by atoms with Crippen molar-refractivity contribution < 1.29 is 13.2 Å². The fraction of sp³-hybridized carbons (Fsp3) is 0.500. The van der Waals surface area contributed by atoms with Crippen LogP contribution in [0.15, 0.2) is 27.6 Å². The Hall–Kier alpha value is -0.430. The van der Waals surface area contributed by atoms with Crippen LogP contribution in [0.5, 0.6) is 0 Å². The van der Waals surface area contributed by atoms with Crippen molar-refractivity contribution in [3.05, 3.63) is 28.2 Å². The van der Waals surface area contributed by atoms with Gasteiger partial charge in [-0.15, -0.1) is 0 Å². The molecule has 0 radical (unpaired) electrons. The van der Waals surface area contributed by atoms with E-state index in [9.17, 15) is 8.42 Å². The van der Waals surface area contributed by atoms with Gasteiger partial charge in [0, 0.05) is 17.1 Å². The van der Waals surface area contributed by atoms with E-state index in [0.29, 0.717) is 24.7 Å². The van der Waals surface area contributed by atoms with Gasteiger partial charge in [0.2, 0.25) is 10.0 Å². The summed E-state index contributed by atoms with van der Waals surface area (Å²) in [6, 6.07) is 4.98. The van der Waals surface area contributed by atoms with Crippen LogP contribution in [0.1, 0.15) is 12.5 Å². The Bertz CT molecular complexity index is 544. The highest BCUT2D eigenvalue weighted by Crippen LogP contribution is 2.24. The summed E-state index contributed by atoms with van der Waals surface area (Å²) < 4.78 is 32.7. The van der Waals surface area contributed by atoms with Crippen molar-refractivity contribution in [3.8, 4) is 0 Å². The number of hydrogen-bond acceptors (Lipinski definition) is 3. The zero-order valence-corrected chi connectivity index (χ0v) is 12.8. The lowest BCUT2D eigenvalue weighted by atomic mass is 10.2.